The highest BCUT2D eigenvalue weighted by atomic mass is 16.5. The van der Waals surface area contributed by atoms with Crippen LogP contribution >= 0.6 is 0 Å². The van der Waals surface area contributed by atoms with Crippen molar-refractivity contribution in [3.8, 4) is 11.5 Å². The molecule has 2 aliphatic heterocycles. The third-order valence-corrected chi connectivity index (χ3v) is 8.81. The van der Waals surface area contributed by atoms with Crippen LogP contribution in [0.4, 0.5) is 5.69 Å². The van der Waals surface area contributed by atoms with Crippen molar-refractivity contribution in [2.24, 2.45) is 5.41 Å². The SMILES string of the molecule is COc1ccc(C(=O)[C@H]2[C@H](c3cccc(OC)c3)C3(C(=O)c4ccccc4C3=O)[C@H]3C=Cc4ccccc4N23)cc1. The van der Waals surface area contributed by atoms with E-state index in [1.165, 1.54) is 0 Å². The number of rotatable bonds is 5. The van der Waals surface area contributed by atoms with E-state index in [0.717, 1.165) is 11.3 Å². The van der Waals surface area contributed by atoms with E-state index in [4.69, 9.17) is 9.47 Å². The van der Waals surface area contributed by atoms with Crippen LogP contribution in [0.3, 0.4) is 0 Å². The molecule has 0 radical (unpaired) electrons. The van der Waals surface area contributed by atoms with Crippen molar-refractivity contribution in [2.75, 3.05) is 19.1 Å². The lowest BCUT2D eigenvalue weighted by molar-refractivity contribution is 0.0665. The quantitative estimate of drug-likeness (QED) is 0.227. The van der Waals surface area contributed by atoms with E-state index < -0.39 is 23.4 Å². The van der Waals surface area contributed by atoms with Crippen LogP contribution in [0.5, 0.6) is 11.5 Å². The summed E-state index contributed by atoms with van der Waals surface area (Å²) in [5.41, 5.74) is 2.16. The molecule has 41 heavy (non-hydrogen) atoms. The van der Waals surface area contributed by atoms with Crippen molar-refractivity contribution < 1.29 is 23.9 Å². The molecule has 1 aliphatic carbocycles. The maximum absolute atomic E-state index is 14.7. The van der Waals surface area contributed by atoms with Gasteiger partial charge in [0.1, 0.15) is 23.0 Å². The highest BCUT2D eigenvalue weighted by Crippen LogP contribution is 2.61. The summed E-state index contributed by atoms with van der Waals surface area (Å²) >= 11 is 0. The Morgan fingerprint density at radius 1 is 0.756 bits per heavy atom. The average molecular weight is 542 g/mol. The monoisotopic (exact) mass is 541 g/mol. The fraction of sp³-hybridized carbons (Fsp3) is 0.171. The second-order valence-corrected chi connectivity index (χ2v) is 10.6. The number of hydrogen-bond donors (Lipinski definition) is 0. The number of carbonyl (C=O) groups excluding carboxylic acids is 3. The van der Waals surface area contributed by atoms with Crippen LogP contribution in [0.1, 0.15) is 48.1 Å². The average Bonchev–Trinajstić information content (AvgIpc) is 3.47. The molecule has 1 saturated heterocycles. The summed E-state index contributed by atoms with van der Waals surface area (Å²) in [6, 6.07) is 27.6. The van der Waals surface area contributed by atoms with Crippen LogP contribution < -0.4 is 14.4 Å². The van der Waals surface area contributed by atoms with Gasteiger partial charge in [-0.15, -0.1) is 0 Å². The first-order chi connectivity index (χ1) is 20.0. The number of anilines is 1. The Morgan fingerprint density at radius 2 is 1.41 bits per heavy atom. The summed E-state index contributed by atoms with van der Waals surface area (Å²) in [6.07, 6.45) is 3.89. The van der Waals surface area contributed by atoms with Crippen LogP contribution in [0.2, 0.25) is 0 Å². The second-order valence-electron chi connectivity index (χ2n) is 10.6. The molecule has 0 amide bonds. The lowest BCUT2D eigenvalue weighted by Crippen LogP contribution is -2.48. The van der Waals surface area contributed by atoms with Gasteiger partial charge in [0, 0.05) is 28.3 Å². The Labute approximate surface area is 237 Å². The van der Waals surface area contributed by atoms with Crippen molar-refractivity contribution in [2.45, 2.75) is 18.0 Å². The van der Waals surface area contributed by atoms with E-state index in [1.807, 2.05) is 65.6 Å². The molecule has 0 aromatic heterocycles. The summed E-state index contributed by atoms with van der Waals surface area (Å²) < 4.78 is 10.9. The lowest BCUT2D eigenvalue weighted by atomic mass is 9.64. The van der Waals surface area contributed by atoms with Crippen molar-refractivity contribution in [3.63, 3.8) is 0 Å². The van der Waals surface area contributed by atoms with Gasteiger partial charge in [-0.25, -0.2) is 0 Å². The number of fused-ring (bicyclic) bond motifs is 5. The van der Waals surface area contributed by atoms with E-state index in [1.54, 1.807) is 62.8 Å². The molecule has 3 atom stereocenters. The molecular formula is C35H27NO5. The van der Waals surface area contributed by atoms with Gasteiger partial charge in [0.25, 0.3) is 0 Å². The van der Waals surface area contributed by atoms with Gasteiger partial charge in [-0.1, -0.05) is 66.7 Å². The zero-order chi connectivity index (χ0) is 28.3. The third kappa shape index (κ3) is 3.40. The Balaban J connectivity index is 1.53. The van der Waals surface area contributed by atoms with Crippen molar-refractivity contribution in [3.05, 3.63) is 131 Å². The molecule has 202 valence electrons. The second kappa shape index (κ2) is 9.30. The first-order valence-corrected chi connectivity index (χ1v) is 13.6. The summed E-state index contributed by atoms with van der Waals surface area (Å²) in [7, 11) is 3.15. The minimum absolute atomic E-state index is 0.177. The Bertz CT molecular complexity index is 1720. The van der Waals surface area contributed by atoms with Crippen LogP contribution in [-0.2, 0) is 0 Å². The van der Waals surface area contributed by atoms with Crippen LogP contribution in [-0.4, -0.2) is 43.7 Å². The standard InChI is InChI=1S/C35H27NO5/c1-40-24-17-14-22(15-18-24)32(37)31-30(23-9-7-10-25(20-23)41-2)35(33(38)26-11-4-5-12-27(26)34(35)39)29-19-16-21-8-3-6-13-28(21)36(29)31/h3-20,29-31H,1-2H3/t29-,30+,31-/m1/s1. The lowest BCUT2D eigenvalue weighted by Gasteiger charge is -2.37. The van der Waals surface area contributed by atoms with Crippen LogP contribution in [0.15, 0.2) is 103 Å². The molecular weight excluding hydrogens is 514 g/mol. The molecule has 6 nitrogen and oxygen atoms in total. The molecule has 1 spiro atoms. The van der Waals surface area contributed by atoms with Crippen molar-refractivity contribution >= 4 is 29.1 Å². The molecule has 4 aromatic rings. The number of para-hydroxylation sites is 1. The smallest absolute Gasteiger partial charge is 0.185 e. The van der Waals surface area contributed by atoms with Crippen molar-refractivity contribution in [1.82, 2.24) is 0 Å². The molecule has 0 bridgehead atoms. The van der Waals surface area contributed by atoms with Gasteiger partial charge in [0.05, 0.1) is 20.3 Å². The number of Topliss-reactive ketones (excluding diaryl/α,β-unsaturated/α-hetero) is 3. The number of carbonyl (C=O) groups is 3. The van der Waals surface area contributed by atoms with E-state index in [-0.39, 0.29) is 17.3 Å². The predicted octanol–water partition coefficient (Wildman–Crippen LogP) is 6.02. The Kier molecular flexibility index (Phi) is 5.68. The normalized spacial score (nSPS) is 21.4. The number of ketones is 3. The molecule has 6 heteroatoms. The molecule has 0 saturated carbocycles. The van der Waals surface area contributed by atoms with Gasteiger partial charge in [-0.3, -0.25) is 14.4 Å². The van der Waals surface area contributed by atoms with Crippen LogP contribution in [0, 0.1) is 5.41 Å². The fourth-order valence-electron chi connectivity index (χ4n) is 7.05. The maximum atomic E-state index is 14.7. The van der Waals surface area contributed by atoms with E-state index in [0.29, 0.717) is 33.8 Å². The number of methoxy groups -OCH3 is 2. The van der Waals surface area contributed by atoms with E-state index in [2.05, 4.69) is 0 Å². The Hall–Kier alpha value is -4.97. The van der Waals surface area contributed by atoms with E-state index in [9.17, 15) is 14.4 Å². The largest absolute Gasteiger partial charge is 0.497 e. The first kappa shape index (κ1) is 25.0. The highest BCUT2D eigenvalue weighted by Gasteiger charge is 2.71. The zero-order valence-corrected chi connectivity index (χ0v) is 22.6. The highest BCUT2D eigenvalue weighted by molar-refractivity contribution is 6.32. The molecule has 3 aliphatic rings. The fourth-order valence-corrected chi connectivity index (χ4v) is 7.05. The van der Waals surface area contributed by atoms with Gasteiger partial charge in [-0.05, 0) is 53.6 Å². The maximum Gasteiger partial charge on any atom is 0.185 e. The van der Waals surface area contributed by atoms with Gasteiger partial charge < -0.3 is 14.4 Å². The molecule has 4 aromatic carbocycles. The minimum atomic E-state index is -1.55. The molecule has 2 heterocycles. The van der Waals surface area contributed by atoms with Gasteiger partial charge in [0.15, 0.2) is 17.3 Å². The third-order valence-electron chi connectivity index (χ3n) is 8.81. The zero-order valence-electron chi connectivity index (χ0n) is 22.6. The Morgan fingerprint density at radius 3 is 2.10 bits per heavy atom. The number of nitrogens with zero attached hydrogens (tertiary/aromatic N) is 1. The number of hydrogen-bond acceptors (Lipinski definition) is 6. The topological polar surface area (TPSA) is 72.9 Å². The summed E-state index contributed by atoms with van der Waals surface area (Å²) in [6.45, 7) is 0. The summed E-state index contributed by atoms with van der Waals surface area (Å²) in [5.74, 6) is -0.256. The molecule has 7 rings (SSSR count). The summed E-state index contributed by atoms with van der Waals surface area (Å²) in [4.78, 5) is 46.1. The van der Waals surface area contributed by atoms with Gasteiger partial charge >= 0.3 is 0 Å². The predicted molar refractivity (Wildman–Crippen MR) is 156 cm³/mol. The summed E-state index contributed by atoms with van der Waals surface area (Å²) in [5, 5.41) is 0. The molecule has 1 fully saturated rings. The van der Waals surface area contributed by atoms with E-state index >= 15 is 0 Å². The first-order valence-electron chi connectivity index (χ1n) is 13.6. The minimum Gasteiger partial charge on any atom is -0.497 e. The van der Waals surface area contributed by atoms with Gasteiger partial charge in [-0.2, -0.15) is 0 Å². The molecule has 0 N–H and O–H groups in total. The molecule has 0 unspecified atom stereocenters. The number of benzene rings is 4. The number of ether oxygens (including phenoxy) is 2. The van der Waals surface area contributed by atoms with Crippen LogP contribution in [0.25, 0.3) is 6.08 Å². The van der Waals surface area contributed by atoms with Gasteiger partial charge in [0.2, 0.25) is 0 Å². The van der Waals surface area contributed by atoms with Crippen molar-refractivity contribution in [1.29, 1.82) is 0 Å².